The van der Waals surface area contributed by atoms with Crippen molar-refractivity contribution in [2.45, 2.75) is 80.6 Å². The average molecular weight is 283 g/mol. The summed E-state index contributed by atoms with van der Waals surface area (Å²) in [6.07, 6.45) is 5.94. The molecule has 0 radical (unpaired) electrons. The molecule has 0 aliphatic rings. The molecule has 2 nitrogen and oxygen atoms in total. The van der Waals surface area contributed by atoms with E-state index >= 15 is 0 Å². The van der Waals surface area contributed by atoms with Crippen LogP contribution in [0.5, 0.6) is 0 Å². The molecule has 0 fully saturated rings. The molecule has 0 bridgehead atoms. The summed E-state index contributed by atoms with van der Waals surface area (Å²) in [5.41, 5.74) is 0.216. The van der Waals surface area contributed by atoms with Crippen molar-refractivity contribution in [2.24, 2.45) is 16.7 Å². The molecule has 120 valence electrons. The Hall–Kier alpha value is -0.530. The van der Waals surface area contributed by atoms with Crippen LogP contribution in [-0.4, -0.2) is 24.4 Å². The molecule has 2 heteroatoms. The van der Waals surface area contributed by atoms with Crippen molar-refractivity contribution in [3.05, 3.63) is 0 Å². The van der Waals surface area contributed by atoms with Crippen molar-refractivity contribution in [2.75, 3.05) is 13.6 Å². The summed E-state index contributed by atoms with van der Waals surface area (Å²) in [6.45, 7) is 16.2. The molecular weight excluding hydrogens is 246 g/mol. The smallest absolute Gasteiger partial charge is 0.227 e. The van der Waals surface area contributed by atoms with E-state index in [4.69, 9.17) is 0 Å². The van der Waals surface area contributed by atoms with Crippen LogP contribution in [0.15, 0.2) is 0 Å². The van der Waals surface area contributed by atoms with Crippen molar-refractivity contribution < 1.29 is 4.79 Å². The van der Waals surface area contributed by atoms with Gasteiger partial charge in [0.05, 0.1) is 0 Å². The van der Waals surface area contributed by atoms with Gasteiger partial charge < -0.3 is 4.90 Å². The topological polar surface area (TPSA) is 20.3 Å². The molecule has 0 aromatic rings. The highest BCUT2D eigenvalue weighted by molar-refractivity contribution is 5.81. The van der Waals surface area contributed by atoms with E-state index < -0.39 is 0 Å². The molecule has 0 aliphatic carbocycles. The summed E-state index contributed by atoms with van der Waals surface area (Å²) in [7, 11) is 1.93. The summed E-state index contributed by atoms with van der Waals surface area (Å²) < 4.78 is 0. The number of hydrogen-bond acceptors (Lipinski definition) is 1. The molecule has 0 saturated carbocycles. The van der Waals surface area contributed by atoms with Crippen LogP contribution in [0.2, 0.25) is 0 Å². The van der Waals surface area contributed by atoms with Gasteiger partial charge in [-0.25, -0.2) is 0 Å². The van der Waals surface area contributed by atoms with Gasteiger partial charge >= 0.3 is 0 Å². The predicted molar refractivity (Wildman–Crippen MR) is 88.8 cm³/mol. The number of nitrogens with zero attached hydrogens (tertiary/aromatic N) is 1. The molecule has 1 amide bonds. The quantitative estimate of drug-likeness (QED) is 0.566. The maximum Gasteiger partial charge on any atom is 0.227 e. The number of carbonyl (C=O) groups is 1. The van der Waals surface area contributed by atoms with E-state index in [2.05, 4.69) is 48.5 Å². The van der Waals surface area contributed by atoms with Gasteiger partial charge in [0.25, 0.3) is 0 Å². The number of unbranched alkanes of at least 4 members (excludes halogenated alkanes) is 2. The Labute approximate surface area is 127 Å². The van der Waals surface area contributed by atoms with Crippen LogP contribution in [-0.2, 0) is 4.79 Å². The molecular formula is C18H37NO. The third kappa shape index (κ3) is 8.60. The molecule has 0 N–H and O–H groups in total. The average Bonchev–Trinajstić information content (AvgIpc) is 2.24. The lowest BCUT2D eigenvalue weighted by atomic mass is 9.84. The van der Waals surface area contributed by atoms with Gasteiger partial charge in [-0.3, -0.25) is 4.79 Å². The lowest BCUT2D eigenvalue weighted by Gasteiger charge is -2.30. The van der Waals surface area contributed by atoms with Gasteiger partial charge in [-0.2, -0.15) is 0 Å². The SMILES string of the molecule is CC(C)CN(C)C(=O)C(C)(C)CCCCCC(C)(C)C. The largest absolute Gasteiger partial charge is 0.345 e. The molecule has 0 spiro atoms. The van der Waals surface area contributed by atoms with Gasteiger partial charge in [-0.15, -0.1) is 0 Å². The monoisotopic (exact) mass is 283 g/mol. The minimum Gasteiger partial charge on any atom is -0.345 e. The zero-order valence-electron chi connectivity index (χ0n) is 15.2. The molecule has 0 aromatic heterocycles. The predicted octanol–water partition coefficient (Wildman–Crippen LogP) is 5.12. The highest BCUT2D eigenvalue weighted by atomic mass is 16.2. The van der Waals surface area contributed by atoms with Crippen molar-refractivity contribution in [1.29, 1.82) is 0 Å². The Morgan fingerprint density at radius 1 is 0.950 bits per heavy atom. The molecule has 0 rings (SSSR count). The Morgan fingerprint density at radius 3 is 1.90 bits per heavy atom. The molecule has 0 atom stereocenters. The van der Waals surface area contributed by atoms with Gasteiger partial charge in [-0.05, 0) is 24.2 Å². The van der Waals surface area contributed by atoms with Gasteiger partial charge in [0.1, 0.15) is 0 Å². The van der Waals surface area contributed by atoms with Crippen LogP contribution >= 0.6 is 0 Å². The van der Waals surface area contributed by atoms with Gasteiger partial charge in [0.15, 0.2) is 0 Å². The fourth-order valence-electron chi connectivity index (χ4n) is 2.65. The van der Waals surface area contributed by atoms with Crippen LogP contribution < -0.4 is 0 Å². The first-order chi connectivity index (χ1) is 8.96. The standard InChI is InChI=1S/C18H37NO/c1-15(2)14-19(8)16(20)18(6,7)13-11-9-10-12-17(3,4)5/h15H,9-14H2,1-8H3. The first-order valence-electron chi connectivity index (χ1n) is 8.21. The van der Waals surface area contributed by atoms with E-state index in [9.17, 15) is 4.79 Å². The fourth-order valence-corrected chi connectivity index (χ4v) is 2.65. The van der Waals surface area contributed by atoms with Crippen LogP contribution in [0.25, 0.3) is 0 Å². The van der Waals surface area contributed by atoms with E-state index in [0.29, 0.717) is 17.2 Å². The van der Waals surface area contributed by atoms with Gasteiger partial charge in [0, 0.05) is 19.0 Å². The number of rotatable bonds is 8. The summed E-state index contributed by atoms with van der Waals surface area (Å²) in [4.78, 5) is 14.4. The first-order valence-corrected chi connectivity index (χ1v) is 8.21. The molecule has 0 aliphatic heterocycles. The second-order valence-electron chi connectivity index (χ2n) is 8.58. The zero-order valence-corrected chi connectivity index (χ0v) is 15.2. The van der Waals surface area contributed by atoms with Crippen LogP contribution in [0.1, 0.15) is 80.6 Å². The van der Waals surface area contributed by atoms with Gasteiger partial charge in [0.2, 0.25) is 5.91 Å². The zero-order chi connectivity index (χ0) is 16.0. The van der Waals surface area contributed by atoms with E-state index in [0.717, 1.165) is 19.4 Å². The molecule has 20 heavy (non-hydrogen) atoms. The van der Waals surface area contributed by atoms with E-state index in [1.807, 2.05) is 11.9 Å². The number of carbonyl (C=O) groups excluding carboxylic acids is 1. The van der Waals surface area contributed by atoms with Crippen LogP contribution in [0.4, 0.5) is 0 Å². The van der Waals surface area contributed by atoms with Crippen LogP contribution in [0, 0.1) is 16.7 Å². The van der Waals surface area contributed by atoms with Gasteiger partial charge in [-0.1, -0.05) is 67.7 Å². The Kier molecular flexibility index (Phi) is 7.83. The second-order valence-corrected chi connectivity index (χ2v) is 8.58. The van der Waals surface area contributed by atoms with Crippen molar-refractivity contribution in [3.63, 3.8) is 0 Å². The second kappa shape index (κ2) is 8.05. The molecule has 0 aromatic carbocycles. The van der Waals surface area contributed by atoms with E-state index in [1.54, 1.807) is 0 Å². The first kappa shape index (κ1) is 19.5. The Bertz CT molecular complexity index is 286. The Balaban J connectivity index is 4.08. The maximum atomic E-state index is 12.4. The summed E-state index contributed by atoms with van der Waals surface area (Å²) in [5.74, 6) is 0.827. The lowest BCUT2D eigenvalue weighted by molar-refractivity contribution is -0.139. The number of amides is 1. The third-order valence-electron chi connectivity index (χ3n) is 3.79. The lowest BCUT2D eigenvalue weighted by Crippen LogP contribution is -2.40. The summed E-state index contributed by atoms with van der Waals surface area (Å²) >= 11 is 0. The minimum absolute atomic E-state index is 0.217. The third-order valence-corrected chi connectivity index (χ3v) is 3.79. The highest BCUT2D eigenvalue weighted by Gasteiger charge is 2.29. The van der Waals surface area contributed by atoms with E-state index in [-0.39, 0.29) is 5.41 Å². The maximum absolute atomic E-state index is 12.4. The van der Waals surface area contributed by atoms with Crippen LogP contribution in [0.3, 0.4) is 0 Å². The molecule has 0 heterocycles. The Morgan fingerprint density at radius 2 is 1.45 bits per heavy atom. The highest BCUT2D eigenvalue weighted by Crippen LogP contribution is 2.28. The fraction of sp³-hybridized carbons (Fsp3) is 0.944. The summed E-state index contributed by atoms with van der Waals surface area (Å²) in [6, 6.07) is 0. The molecule has 0 unspecified atom stereocenters. The van der Waals surface area contributed by atoms with Crippen molar-refractivity contribution in [3.8, 4) is 0 Å². The van der Waals surface area contributed by atoms with E-state index in [1.165, 1.54) is 19.3 Å². The van der Waals surface area contributed by atoms with Crippen molar-refractivity contribution >= 4 is 5.91 Å². The normalized spacial score (nSPS) is 12.8. The molecule has 0 saturated heterocycles. The minimum atomic E-state index is -0.217. The van der Waals surface area contributed by atoms with Crippen molar-refractivity contribution in [1.82, 2.24) is 4.90 Å². The number of hydrogen-bond donors (Lipinski definition) is 0. The summed E-state index contributed by atoms with van der Waals surface area (Å²) in [5, 5.41) is 0.